The van der Waals surface area contributed by atoms with E-state index in [4.69, 9.17) is 5.73 Å². The second-order valence-corrected chi connectivity index (χ2v) is 6.79. The fraction of sp³-hybridized carbons (Fsp3) is 0.250. The van der Waals surface area contributed by atoms with Gasteiger partial charge in [-0.25, -0.2) is 18.1 Å². The number of nitrogens with two attached hydrogens (primary N) is 1. The molecule has 5 nitrogen and oxygen atoms in total. The van der Waals surface area contributed by atoms with Crippen molar-refractivity contribution in [2.75, 3.05) is 0 Å². The summed E-state index contributed by atoms with van der Waals surface area (Å²) < 4.78 is 26.9. The molecule has 7 heteroatoms. The van der Waals surface area contributed by atoms with Crippen molar-refractivity contribution in [1.29, 1.82) is 0 Å². The number of benzene rings is 1. The van der Waals surface area contributed by atoms with E-state index in [0.29, 0.717) is 5.56 Å². The van der Waals surface area contributed by atoms with Crippen LogP contribution in [-0.4, -0.2) is 13.4 Å². The molecule has 1 heterocycles. The molecule has 0 aliphatic heterocycles. The summed E-state index contributed by atoms with van der Waals surface area (Å²) in [4.78, 5) is 4.44. The summed E-state index contributed by atoms with van der Waals surface area (Å²) in [7, 11) is -3.56. The van der Waals surface area contributed by atoms with Gasteiger partial charge in [0.15, 0.2) is 0 Å². The first-order chi connectivity index (χ1) is 9.03. The van der Waals surface area contributed by atoms with E-state index in [0.717, 1.165) is 10.7 Å². The van der Waals surface area contributed by atoms with Crippen molar-refractivity contribution in [3.63, 3.8) is 0 Å². The summed E-state index contributed by atoms with van der Waals surface area (Å²) >= 11 is 1.49. The van der Waals surface area contributed by atoms with Crippen molar-refractivity contribution in [1.82, 2.24) is 9.71 Å². The Balaban J connectivity index is 2.18. The second kappa shape index (κ2) is 5.79. The van der Waals surface area contributed by atoms with Crippen LogP contribution in [0.1, 0.15) is 16.3 Å². The Morgan fingerprint density at radius 3 is 2.74 bits per heavy atom. The number of nitrogens with one attached hydrogen (secondary N) is 1. The highest BCUT2D eigenvalue weighted by Gasteiger charge is 2.17. The standard InChI is InChI=1S/C12H15N3O2S2/c1-9-15-11(8-18-9)7-14-19(16,17)12-5-3-2-4-10(12)6-13/h2-5,8,14H,6-7,13H2,1H3. The maximum atomic E-state index is 12.2. The molecule has 1 aromatic carbocycles. The lowest BCUT2D eigenvalue weighted by atomic mass is 10.2. The Morgan fingerprint density at radius 1 is 1.37 bits per heavy atom. The fourth-order valence-corrected chi connectivity index (χ4v) is 3.53. The van der Waals surface area contributed by atoms with Gasteiger partial charge in [0.2, 0.25) is 10.0 Å². The lowest BCUT2D eigenvalue weighted by Gasteiger charge is -2.09. The highest BCUT2D eigenvalue weighted by molar-refractivity contribution is 7.89. The van der Waals surface area contributed by atoms with Crippen molar-refractivity contribution >= 4 is 21.4 Å². The number of nitrogens with zero attached hydrogens (tertiary/aromatic N) is 1. The molecule has 2 rings (SSSR count). The number of hydrogen-bond acceptors (Lipinski definition) is 5. The van der Waals surface area contributed by atoms with Gasteiger partial charge in [0.25, 0.3) is 0 Å². The first-order valence-corrected chi connectivity index (χ1v) is 8.08. The van der Waals surface area contributed by atoms with Crippen LogP contribution in [-0.2, 0) is 23.1 Å². The zero-order chi connectivity index (χ0) is 13.9. The molecule has 0 amide bonds. The molecule has 0 unspecified atom stereocenters. The van der Waals surface area contributed by atoms with Gasteiger partial charge in [0.05, 0.1) is 22.1 Å². The molecule has 0 atom stereocenters. The maximum absolute atomic E-state index is 12.2. The molecule has 0 fully saturated rings. The van der Waals surface area contributed by atoms with E-state index in [9.17, 15) is 8.42 Å². The molecule has 0 saturated heterocycles. The summed E-state index contributed by atoms with van der Waals surface area (Å²) in [5, 5.41) is 2.75. The van der Waals surface area contributed by atoms with Gasteiger partial charge in [-0.15, -0.1) is 11.3 Å². The second-order valence-electron chi connectivity index (χ2n) is 3.99. The summed E-state index contributed by atoms with van der Waals surface area (Å²) in [6.07, 6.45) is 0. The van der Waals surface area contributed by atoms with Crippen molar-refractivity contribution < 1.29 is 8.42 Å². The van der Waals surface area contributed by atoms with Gasteiger partial charge in [0, 0.05) is 11.9 Å². The van der Waals surface area contributed by atoms with Gasteiger partial charge in [-0.1, -0.05) is 18.2 Å². The Bertz CT molecular complexity index is 665. The number of thiazole rings is 1. The topological polar surface area (TPSA) is 85.1 Å². The molecule has 102 valence electrons. The van der Waals surface area contributed by atoms with E-state index < -0.39 is 10.0 Å². The third kappa shape index (κ3) is 3.38. The third-order valence-corrected chi connectivity index (χ3v) is 4.92. The van der Waals surface area contributed by atoms with Crippen LogP contribution in [0, 0.1) is 6.92 Å². The molecule has 3 N–H and O–H groups in total. The number of sulfonamides is 1. The van der Waals surface area contributed by atoms with E-state index in [2.05, 4.69) is 9.71 Å². The first-order valence-electron chi connectivity index (χ1n) is 5.71. The van der Waals surface area contributed by atoms with E-state index in [1.807, 2.05) is 12.3 Å². The molecule has 0 bridgehead atoms. The number of aromatic nitrogens is 1. The largest absolute Gasteiger partial charge is 0.326 e. The van der Waals surface area contributed by atoms with E-state index in [-0.39, 0.29) is 18.0 Å². The molecule has 1 aromatic heterocycles. The van der Waals surface area contributed by atoms with Crippen molar-refractivity contribution in [3.8, 4) is 0 Å². The highest BCUT2D eigenvalue weighted by Crippen LogP contribution is 2.15. The minimum atomic E-state index is -3.56. The monoisotopic (exact) mass is 297 g/mol. The van der Waals surface area contributed by atoms with Crippen LogP contribution < -0.4 is 10.5 Å². The first kappa shape index (κ1) is 14.1. The average Bonchev–Trinajstić information content (AvgIpc) is 2.82. The van der Waals surface area contributed by atoms with Crippen molar-refractivity contribution in [3.05, 3.63) is 45.9 Å². The fourth-order valence-electron chi connectivity index (χ4n) is 1.67. The molecule has 19 heavy (non-hydrogen) atoms. The SMILES string of the molecule is Cc1nc(CNS(=O)(=O)c2ccccc2CN)cs1. The van der Waals surface area contributed by atoms with Crippen LogP contribution in [0.5, 0.6) is 0 Å². The smallest absolute Gasteiger partial charge is 0.241 e. The zero-order valence-electron chi connectivity index (χ0n) is 10.5. The Hall–Kier alpha value is -1.28. The van der Waals surface area contributed by atoms with Crippen molar-refractivity contribution in [2.24, 2.45) is 5.73 Å². The van der Waals surface area contributed by atoms with Gasteiger partial charge in [-0.2, -0.15) is 0 Å². The molecule has 2 aromatic rings. The van der Waals surface area contributed by atoms with E-state index >= 15 is 0 Å². The van der Waals surface area contributed by atoms with Crippen LogP contribution >= 0.6 is 11.3 Å². The van der Waals surface area contributed by atoms with Crippen molar-refractivity contribution in [2.45, 2.75) is 24.9 Å². The number of aryl methyl sites for hydroxylation is 1. The third-order valence-electron chi connectivity index (χ3n) is 2.59. The van der Waals surface area contributed by atoms with E-state index in [1.165, 1.54) is 11.3 Å². The molecule has 0 radical (unpaired) electrons. The minimum Gasteiger partial charge on any atom is -0.326 e. The predicted octanol–water partition coefficient (Wildman–Crippen LogP) is 1.39. The number of rotatable bonds is 5. The summed E-state index contributed by atoms with van der Waals surface area (Å²) in [5.41, 5.74) is 6.88. The highest BCUT2D eigenvalue weighted by atomic mass is 32.2. The van der Waals surface area contributed by atoms with Crippen LogP contribution in [0.4, 0.5) is 0 Å². The minimum absolute atomic E-state index is 0.186. The van der Waals surface area contributed by atoms with Gasteiger partial charge < -0.3 is 5.73 Å². The van der Waals surface area contributed by atoms with Gasteiger partial charge in [-0.05, 0) is 18.6 Å². The van der Waals surface area contributed by atoms with Crippen LogP contribution in [0.25, 0.3) is 0 Å². The quantitative estimate of drug-likeness (QED) is 0.873. The molecular weight excluding hydrogens is 282 g/mol. The summed E-state index contributed by atoms with van der Waals surface area (Å²) in [5.74, 6) is 0. The Labute approximate surface area is 116 Å². The Kier molecular flexibility index (Phi) is 4.31. The van der Waals surface area contributed by atoms with Crippen LogP contribution in [0.15, 0.2) is 34.5 Å². The molecular formula is C12H15N3O2S2. The lowest BCUT2D eigenvalue weighted by Crippen LogP contribution is -2.25. The van der Waals surface area contributed by atoms with E-state index in [1.54, 1.807) is 24.3 Å². The Morgan fingerprint density at radius 2 is 2.11 bits per heavy atom. The lowest BCUT2D eigenvalue weighted by molar-refractivity contribution is 0.579. The maximum Gasteiger partial charge on any atom is 0.241 e. The molecule has 0 spiro atoms. The molecule has 0 aliphatic rings. The van der Waals surface area contributed by atoms with Gasteiger partial charge in [-0.3, -0.25) is 0 Å². The molecule has 0 saturated carbocycles. The normalized spacial score (nSPS) is 11.7. The van der Waals surface area contributed by atoms with Gasteiger partial charge in [0.1, 0.15) is 0 Å². The zero-order valence-corrected chi connectivity index (χ0v) is 12.1. The average molecular weight is 297 g/mol. The van der Waals surface area contributed by atoms with Crippen LogP contribution in [0.3, 0.4) is 0 Å². The van der Waals surface area contributed by atoms with Crippen LogP contribution in [0.2, 0.25) is 0 Å². The number of hydrogen-bond donors (Lipinski definition) is 2. The summed E-state index contributed by atoms with van der Waals surface area (Å²) in [6, 6.07) is 6.71. The van der Waals surface area contributed by atoms with Gasteiger partial charge >= 0.3 is 0 Å². The molecule has 0 aliphatic carbocycles. The summed E-state index contributed by atoms with van der Waals surface area (Å²) in [6.45, 7) is 2.25. The predicted molar refractivity (Wildman–Crippen MR) is 75.2 cm³/mol.